The van der Waals surface area contributed by atoms with Gasteiger partial charge in [-0.1, -0.05) is 12.1 Å². The maximum absolute atomic E-state index is 12.3. The van der Waals surface area contributed by atoms with Gasteiger partial charge in [-0.15, -0.1) is 0 Å². The van der Waals surface area contributed by atoms with Gasteiger partial charge in [0.2, 0.25) is 5.91 Å². The van der Waals surface area contributed by atoms with Crippen molar-refractivity contribution >= 4 is 17.4 Å². The van der Waals surface area contributed by atoms with Crippen molar-refractivity contribution in [1.82, 2.24) is 9.78 Å². The summed E-state index contributed by atoms with van der Waals surface area (Å²) in [6, 6.07) is 8.69. The van der Waals surface area contributed by atoms with E-state index in [1.807, 2.05) is 6.92 Å². The minimum Gasteiger partial charge on any atom is -0.492 e. The number of carbonyl (C=O) groups excluding carboxylic acids is 2. The number of anilines is 1. The molecule has 1 heterocycles. The number of carbonyl (C=O) groups is 2. The fourth-order valence-corrected chi connectivity index (χ4v) is 2.35. The first-order valence-corrected chi connectivity index (χ1v) is 7.97. The minimum absolute atomic E-state index is 0.102. The number of rotatable bonds is 8. The van der Waals surface area contributed by atoms with Gasteiger partial charge in [0, 0.05) is 19.7 Å². The van der Waals surface area contributed by atoms with E-state index in [0.717, 1.165) is 5.56 Å². The normalized spacial score (nSPS) is 11.4. The number of hydrogen-bond acceptors (Lipinski definition) is 5. The van der Waals surface area contributed by atoms with Crippen LogP contribution in [0.4, 0.5) is 5.69 Å². The number of amides is 1. The monoisotopic (exact) mass is 340 g/mol. The highest BCUT2D eigenvalue weighted by Gasteiger charge is 2.26. The maximum atomic E-state index is 12.3. The van der Waals surface area contributed by atoms with Crippen LogP contribution < -0.4 is 10.1 Å². The predicted molar refractivity (Wildman–Crippen MR) is 91.9 cm³/mol. The van der Waals surface area contributed by atoms with Gasteiger partial charge < -0.3 is 10.1 Å². The molecule has 1 atom stereocenters. The molecule has 1 amide bonds. The first kappa shape index (κ1) is 18.2. The molecule has 0 saturated heterocycles. The molecule has 0 spiro atoms. The molecule has 7 nitrogen and oxygen atoms in total. The van der Waals surface area contributed by atoms with Crippen molar-refractivity contribution in [3.63, 3.8) is 0 Å². The van der Waals surface area contributed by atoms with Crippen molar-refractivity contribution in [3.05, 3.63) is 42.2 Å². The van der Waals surface area contributed by atoms with E-state index in [-0.39, 0.29) is 6.42 Å². The van der Waals surface area contributed by atoms with E-state index >= 15 is 0 Å². The lowest BCUT2D eigenvalue weighted by molar-refractivity contribution is -0.128. The van der Waals surface area contributed by atoms with Crippen LogP contribution in [0.25, 0.3) is 0 Å². The van der Waals surface area contributed by atoms with Gasteiger partial charge in [0.25, 0.3) is 0 Å². The molecule has 0 bridgehead atoms. The maximum Gasteiger partial charge on any atom is 0.249 e. The van der Waals surface area contributed by atoms with Crippen LogP contribution in [-0.4, -0.2) is 28.1 Å². The second-order valence-electron chi connectivity index (χ2n) is 5.47. The lowest BCUT2D eigenvalue weighted by Gasteiger charge is -2.13. The number of nitrogens with one attached hydrogen (secondary N) is 1. The summed E-state index contributed by atoms with van der Waals surface area (Å²) in [5.74, 6) is -1.92. The molecule has 130 valence electrons. The van der Waals surface area contributed by atoms with E-state index in [1.54, 1.807) is 54.5 Å². The molecule has 25 heavy (non-hydrogen) atoms. The highest BCUT2D eigenvalue weighted by atomic mass is 16.5. The summed E-state index contributed by atoms with van der Waals surface area (Å²) in [6.07, 6.45) is 4.00. The Morgan fingerprint density at radius 3 is 2.80 bits per heavy atom. The summed E-state index contributed by atoms with van der Waals surface area (Å²) in [5.41, 5.74) is 1.32. The van der Waals surface area contributed by atoms with Crippen LogP contribution >= 0.6 is 0 Å². The Morgan fingerprint density at radius 2 is 2.16 bits per heavy atom. The third kappa shape index (κ3) is 4.91. The summed E-state index contributed by atoms with van der Waals surface area (Å²) >= 11 is 0. The quantitative estimate of drug-likeness (QED) is 0.742. The summed E-state index contributed by atoms with van der Waals surface area (Å²) in [4.78, 5) is 24.6. The van der Waals surface area contributed by atoms with Gasteiger partial charge in [-0.3, -0.25) is 14.3 Å². The molecule has 1 N–H and O–H groups in total. The first-order valence-electron chi connectivity index (χ1n) is 7.97. The van der Waals surface area contributed by atoms with Gasteiger partial charge in [0.1, 0.15) is 5.75 Å². The zero-order valence-electron chi connectivity index (χ0n) is 14.2. The third-order valence-electron chi connectivity index (χ3n) is 3.58. The SMILES string of the molecule is CCOc1ccccc1NC(=O)C(C#N)C(=O)CCc1cnn(C)c1. The van der Waals surface area contributed by atoms with Gasteiger partial charge >= 0.3 is 0 Å². The first-order chi connectivity index (χ1) is 12.0. The highest BCUT2D eigenvalue weighted by Crippen LogP contribution is 2.24. The number of aromatic nitrogens is 2. The summed E-state index contributed by atoms with van der Waals surface area (Å²) in [5, 5.41) is 15.9. The van der Waals surface area contributed by atoms with Crippen LogP contribution in [0.1, 0.15) is 18.9 Å². The van der Waals surface area contributed by atoms with Crippen LogP contribution in [0, 0.1) is 17.2 Å². The van der Waals surface area contributed by atoms with Crippen LogP contribution in [0.15, 0.2) is 36.7 Å². The molecule has 0 aliphatic rings. The molecule has 0 aliphatic heterocycles. The smallest absolute Gasteiger partial charge is 0.249 e. The van der Waals surface area contributed by atoms with Crippen molar-refractivity contribution in [2.75, 3.05) is 11.9 Å². The number of aryl methyl sites for hydroxylation is 2. The second kappa shape index (κ2) is 8.64. The van der Waals surface area contributed by atoms with Crippen molar-refractivity contribution in [2.24, 2.45) is 13.0 Å². The number of hydrogen-bond donors (Lipinski definition) is 1. The van der Waals surface area contributed by atoms with Crippen molar-refractivity contribution in [1.29, 1.82) is 5.26 Å². The number of ether oxygens (including phenoxy) is 1. The Bertz CT molecular complexity index is 792. The van der Waals surface area contributed by atoms with Crippen LogP contribution in [0.3, 0.4) is 0 Å². The second-order valence-corrected chi connectivity index (χ2v) is 5.47. The Kier molecular flexibility index (Phi) is 6.29. The van der Waals surface area contributed by atoms with E-state index in [4.69, 9.17) is 4.74 Å². The molecule has 2 aromatic rings. The Balaban J connectivity index is 2.00. The predicted octanol–water partition coefficient (Wildman–Crippen LogP) is 2.10. The van der Waals surface area contributed by atoms with E-state index in [9.17, 15) is 14.9 Å². The van der Waals surface area contributed by atoms with Crippen molar-refractivity contribution in [3.8, 4) is 11.8 Å². The average Bonchev–Trinajstić information content (AvgIpc) is 3.01. The summed E-state index contributed by atoms with van der Waals surface area (Å²) in [7, 11) is 1.78. The summed E-state index contributed by atoms with van der Waals surface area (Å²) in [6.45, 7) is 2.28. The van der Waals surface area contributed by atoms with Crippen LogP contribution in [0.2, 0.25) is 0 Å². The number of Topliss-reactive ketones (excluding diaryl/α,β-unsaturated/α-hetero) is 1. The van der Waals surface area contributed by atoms with Crippen LogP contribution in [0.5, 0.6) is 5.75 Å². The highest BCUT2D eigenvalue weighted by molar-refractivity contribution is 6.09. The van der Waals surface area contributed by atoms with Crippen molar-refractivity contribution < 1.29 is 14.3 Å². The fourth-order valence-electron chi connectivity index (χ4n) is 2.35. The fraction of sp³-hybridized carbons (Fsp3) is 0.333. The molecular formula is C18H20N4O3. The number of nitrogens with zero attached hydrogens (tertiary/aromatic N) is 3. The zero-order chi connectivity index (χ0) is 18.2. The molecule has 7 heteroatoms. The molecule has 1 unspecified atom stereocenters. The molecule has 1 aromatic carbocycles. The Hall–Kier alpha value is -3.14. The largest absolute Gasteiger partial charge is 0.492 e. The molecule has 0 aliphatic carbocycles. The molecule has 2 rings (SSSR count). The van der Waals surface area contributed by atoms with Gasteiger partial charge in [0.05, 0.1) is 24.6 Å². The standard InChI is InChI=1S/C18H20N4O3/c1-3-25-17-7-5-4-6-15(17)21-18(24)14(10-19)16(23)9-8-13-11-20-22(2)12-13/h4-7,11-12,14H,3,8-9H2,1-2H3,(H,21,24). The topological polar surface area (TPSA) is 97.0 Å². The van der Waals surface area contributed by atoms with Gasteiger partial charge in [0.15, 0.2) is 11.7 Å². The Labute approximate surface area is 146 Å². The third-order valence-corrected chi connectivity index (χ3v) is 3.58. The van der Waals surface area contributed by atoms with Crippen LogP contribution in [-0.2, 0) is 23.1 Å². The number of benzene rings is 1. The van der Waals surface area contributed by atoms with E-state index < -0.39 is 17.6 Å². The summed E-state index contributed by atoms with van der Waals surface area (Å²) < 4.78 is 7.07. The van der Waals surface area contributed by atoms with Gasteiger partial charge in [-0.2, -0.15) is 10.4 Å². The average molecular weight is 340 g/mol. The molecular weight excluding hydrogens is 320 g/mol. The number of nitriles is 1. The molecule has 1 aromatic heterocycles. The lowest BCUT2D eigenvalue weighted by Crippen LogP contribution is -2.29. The van der Waals surface area contributed by atoms with E-state index in [2.05, 4.69) is 10.4 Å². The van der Waals surface area contributed by atoms with Gasteiger partial charge in [-0.25, -0.2) is 0 Å². The Morgan fingerprint density at radius 1 is 1.40 bits per heavy atom. The molecule has 0 fully saturated rings. The number of ketones is 1. The van der Waals surface area contributed by atoms with Crippen molar-refractivity contribution in [2.45, 2.75) is 19.8 Å². The zero-order valence-corrected chi connectivity index (χ0v) is 14.2. The lowest BCUT2D eigenvalue weighted by atomic mass is 9.99. The van der Waals surface area contributed by atoms with E-state index in [0.29, 0.717) is 24.5 Å². The van der Waals surface area contributed by atoms with E-state index in [1.165, 1.54) is 0 Å². The molecule has 0 radical (unpaired) electrons. The number of para-hydroxylation sites is 2. The molecule has 0 saturated carbocycles. The van der Waals surface area contributed by atoms with Gasteiger partial charge in [-0.05, 0) is 31.0 Å². The minimum atomic E-state index is -1.36.